The molecule has 1 aliphatic rings. The monoisotopic (exact) mass is 278 g/mol. The van der Waals surface area contributed by atoms with Gasteiger partial charge in [0, 0.05) is 18.7 Å². The largest absolute Gasteiger partial charge is 0.497 e. The number of amides is 1. The van der Waals surface area contributed by atoms with Crippen LogP contribution in [0, 0.1) is 0 Å². The van der Waals surface area contributed by atoms with E-state index in [-0.39, 0.29) is 17.6 Å². The molecule has 1 heterocycles. The maximum absolute atomic E-state index is 12.7. The Hall–Kier alpha value is -1.59. The van der Waals surface area contributed by atoms with E-state index in [0.717, 1.165) is 0 Å². The first kappa shape index (κ1) is 14.8. The molecule has 0 saturated carbocycles. The molecule has 0 aliphatic carbocycles. The average molecular weight is 278 g/mol. The van der Waals surface area contributed by atoms with Gasteiger partial charge < -0.3 is 20.1 Å². The lowest BCUT2D eigenvalue weighted by molar-refractivity contribution is -0.0788. The summed E-state index contributed by atoms with van der Waals surface area (Å²) in [6.45, 7) is 5.41. The van der Waals surface area contributed by atoms with Gasteiger partial charge in [-0.05, 0) is 32.0 Å². The minimum absolute atomic E-state index is 0.0179. The second-order valence-electron chi connectivity index (χ2n) is 5.63. The third-order valence-electron chi connectivity index (χ3n) is 3.61. The SMILES string of the molecule is COc1cccc(C(=O)N2CC(CN)OCC2(C)C)c1. The van der Waals surface area contributed by atoms with Crippen LogP contribution in [0.15, 0.2) is 24.3 Å². The highest BCUT2D eigenvalue weighted by Gasteiger charge is 2.38. The lowest BCUT2D eigenvalue weighted by Gasteiger charge is -2.45. The van der Waals surface area contributed by atoms with E-state index in [2.05, 4.69) is 0 Å². The molecule has 1 atom stereocenters. The molecule has 1 saturated heterocycles. The van der Waals surface area contributed by atoms with E-state index in [1.54, 1.807) is 19.2 Å². The van der Waals surface area contributed by atoms with Crippen LogP contribution in [-0.2, 0) is 4.74 Å². The highest BCUT2D eigenvalue weighted by Crippen LogP contribution is 2.25. The van der Waals surface area contributed by atoms with E-state index in [0.29, 0.717) is 31.0 Å². The van der Waals surface area contributed by atoms with Gasteiger partial charge >= 0.3 is 0 Å². The molecular formula is C15H22N2O3. The fraction of sp³-hybridized carbons (Fsp3) is 0.533. The van der Waals surface area contributed by atoms with Crippen molar-refractivity contribution in [1.29, 1.82) is 0 Å². The summed E-state index contributed by atoms with van der Waals surface area (Å²) >= 11 is 0. The van der Waals surface area contributed by atoms with Crippen molar-refractivity contribution >= 4 is 5.91 Å². The molecular weight excluding hydrogens is 256 g/mol. The van der Waals surface area contributed by atoms with Gasteiger partial charge in [0.1, 0.15) is 5.75 Å². The topological polar surface area (TPSA) is 64.8 Å². The number of benzene rings is 1. The zero-order valence-electron chi connectivity index (χ0n) is 12.3. The Morgan fingerprint density at radius 3 is 2.95 bits per heavy atom. The molecule has 2 rings (SSSR count). The molecule has 5 heteroatoms. The van der Waals surface area contributed by atoms with E-state index in [1.807, 2.05) is 30.9 Å². The summed E-state index contributed by atoms with van der Waals surface area (Å²) in [5.74, 6) is 0.660. The summed E-state index contributed by atoms with van der Waals surface area (Å²) in [7, 11) is 1.59. The van der Waals surface area contributed by atoms with Gasteiger partial charge in [-0.1, -0.05) is 6.07 Å². The predicted octanol–water partition coefficient (Wildman–Crippen LogP) is 1.27. The average Bonchev–Trinajstić information content (AvgIpc) is 2.46. The zero-order valence-corrected chi connectivity index (χ0v) is 12.3. The molecule has 1 fully saturated rings. The maximum Gasteiger partial charge on any atom is 0.254 e. The number of ether oxygens (including phenoxy) is 2. The van der Waals surface area contributed by atoms with Crippen molar-refractivity contribution in [3.63, 3.8) is 0 Å². The van der Waals surface area contributed by atoms with Crippen molar-refractivity contribution in [2.45, 2.75) is 25.5 Å². The summed E-state index contributed by atoms with van der Waals surface area (Å²) in [5, 5.41) is 0. The molecule has 0 aromatic heterocycles. The molecule has 20 heavy (non-hydrogen) atoms. The van der Waals surface area contributed by atoms with Crippen LogP contribution >= 0.6 is 0 Å². The van der Waals surface area contributed by atoms with Gasteiger partial charge in [-0.25, -0.2) is 0 Å². The van der Waals surface area contributed by atoms with Crippen LogP contribution < -0.4 is 10.5 Å². The highest BCUT2D eigenvalue weighted by molar-refractivity contribution is 5.95. The summed E-state index contributed by atoms with van der Waals surface area (Å²) in [5.41, 5.74) is 5.93. The van der Waals surface area contributed by atoms with Crippen LogP contribution in [0.1, 0.15) is 24.2 Å². The molecule has 0 spiro atoms. The number of hydrogen-bond donors (Lipinski definition) is 1. The van der Waals surface area contributed by atoms with Gasteiger partial charge in [0.25, 0.3) is 5.91 Å². The van der Waals surface area contributed by atoms with E-state index in [9.17, 15) is 4.79 Å². The lowest BCUT2D eigenvalue weighted by atomic mass is 9.99. The number of rotatable bonds is 3. The molecule has 1 aromatic carbocycles. The Balaban J connectivity index is 2.24. The molecule has 0 radical (unpaired) electrons. The van der Waals surface area contributed by atoms with Crippen LogP contribution in [0.4, 0.5) is 0 Å². The van der Waals surface area contributed by atoms with E-state index >= 15 is 0 Å². The van der Waals surface area contributed by atoms with Crippen molar-refractivity contribution in [1.82, 2.24) is 4.90 Å². The van der Waals surface area contributed by atoms with Gasteiger partial charge in [-0.15, -0.1) is 0 Å². The number of hydrogen-bond acceptors (Lipinski definition) is 4. The highest BCUT2D eigenvalue weighted by atomic mass is 16.5. The summed E-state index contributed by atoms with van der Waals surface area (Å²) in [4.78, 5) is 14.6. The van der Waals surface area contributed by atoms with Crippen LogP contribution in [0.25, 0.3) is 0 Å². The molecule has 0 bridgehead atoms. The van der Waals surface area contributed by atoms with Crippen LogP contribution in [0.5, 0.6) is 5.75 Å². The molecule has 1 aromatic rings. The molecule has 1 unspecified atom stereocenters. The first-order valence-corrected chi connectivity index (χ1v) is 6.75. The molecule has 2 N–H and O–H groups in total. The van der Waals surface area contributed by atoms with Gasteiger partial charge in [0.2, 0.25) is 0 Å². The first-order chi connectivity index (χ1) is 9.47. The van der Waals surface area contributed by atoms with Crippen molar-refractivity contribution in [3.8, 4) is 5.75 Å². The van der Waals surface area contributed by atoms with Crippen LogP contribution in [0.3, 0.4) is 0 Å². The van der Waals surface area contributed by atoms with Gasteiger partial charge in [0.15, 0.2) is 0 Å². The number of methoxy groups -OCH3 is 1. The second kappa shape index (κ2) is 5.81. The minimum atomic E-state index is -0.341. The van der Waals surface area contributed by atoms with Crippen molar-refractivity contribution in [2.24, 2.45) is 5.73 Å². The first-order valence-electron chi connectivity index (χ1n) is 6.75. The fourth-order valence-corrected chi connectivity index (χ4v) is 2.32. The summed E-state index contributed by atoms with van der Waals surface area (Å²) in [6.07, 6.45) is -0.0995. The Morgan fingerprint density at radius 1 is 1.55 bits per heavy atom. The Bertz CT molecular complexity index is 488. The molecule has 110 valence electrons. The number of carbonyl (C=O) groups is 1. The normalized spacial score (nSPS) is 21.6. The van der Waals surface area contributed by atoms with Crippen molar-refractivity contribution < 1.29 is 14.3 Å². The lowest BCUT2D eigenvalue weighted by Crippen LogP contribution is -2.59. The summed E-state index contributed by atoms with van der Waals surface area (Å²) in [6, 6.07) is 7.20. The van der Waals surface area contributed by atoms with Crippen molar-refractivity contribution in [2.75, 3.05) is 26.8 Å². The number of carbonyl (C=O) groups excluding carboxylic acids is 1. The second-order valence-corrected chi connectivity index (χ2v) is 5.63. The number of nitrogens with two attached hydrogens (primary N) is 1. The minimum Gasteiger partial charge on any atom is -0.497 e. The number of nitrogens with zero attached hydrogens (tertiary/aromatic N) is 1. The van der Waals surface area contributed by atoms with Crippen LogP contribution in [-0.4, -0.2) is 49.3 Å². The Kier molecular flexibility index (Phi) is 4.30. The predicted molar refractivity (Wildman–Crippen MR) is 76.9 cm³/mol. The standard InChI is InChI=1S/C15H22N2O3/c1-15(2)10-20-13(8-16)9-17(15)14(18)11-5-4-6-12(7-11)19-3/h4-7,13H,8-10,16H2,1-3H3. The van der Waals surface area contributed by atoms with Gasteiger partial charge in [-0.2, -0.15) is 0 Å². The third kappa shape index (κ3) is 2.94. The Morgan fingerprint density at radius 2 is 2.30 bits per heavy atom. The quantitative estimate of drug-likeness (QED) is 0.904. The maximum atomic E-state index is 12.7. The molecule has 1 amide bonds. The van der Waals surface area contributed by atoms with Crippen molar-refractivity contribution in [3.05, 3.63) is 29.8 Å². The molecule has 1 aliphatic heterocycles. The zero-order chi connectivity index (χ0) is 14.8. The Labute approximate surface area is 119 Å². The van der Waals surface area contributed by atoms with E-state index in [4.69, 9.17) is 15.2 Å². The van der Waals surface area contributed by atoms with E-state index < -0.39 is 0 Å². The van der Waals surface area contributed by atoms with E-state index in [1.165, 1.54) is 0 Å². The number of morpholine rings is 1. The molecule has 5 nitrogen and oxygen atoms in total. The smallest absolute Gasteiger partial charge is 0.254 e. The van der Waals surface area contributed by atoms with Crippen LogP contribution in [0.2, 0.25) is 0 Å². The van der Waals surface area contributed by atoms with Gasteiger partial charge in [0.05, 0.1) is 25.4 Å². The van der Waals surface area contributed by atoms with Gasteiger partial charge in [-0.3, -0.25) is 4.79 Å². The fourth-order valence-electron chi connectivity index (χ4n) is 2.32. The third-order valence-corrected chi connectivity index (χ3v) is 3.61. The summed E-state index contributed by atoms with van der Waals surface area (Å²) < 4.78 is 10.8.